The van der Waals surface area contributed by atoms with E-state index >= 15 is 0 Å². The van der Waals surface area contributed by atoms with E-state index in [0.29, 0.717) is 17.0 Å². The maximum Gasteiger partial charge on any atom is 0.262 e. The maximum atomic E-state index is 13.5. The number of carbonyl (C=O) groups is 3. The molecule has 0 atom stereocenters. The Labute approximate surface area is 205 Å². The van der Waals surface area contributed by atoms with Crippen molar-refractivity contribution < 1.29 is 22.8 Å². The first-order valence-corrected chi connectivity index (χ1v) is 12.7. The Morgan fingerprint density at radius 1 is 1.00 bits per heavy atom. The lowest BCUT2D eigenvalue weighted by atomic mass is 10.1. The summed E-state index contributed by atoms with van der Waals surface area (Å²) in [5.74, 6) is -1.73. The second-order valence-corrected chi connectivity index (χ2v) is 10.4. The fraction of sp³-hybridized carbons (Fsp3) is 0.231. The zero-order valence-corrected chi connectivity index (χ0v) is 20.9. The predicted octanol–water partition coefficient (Wildman–Crippen LogP) is 3.66. The van der Waals surface area contributed by atoms with Crippen molar-refractivity contribution in [2.24, 2.45) is 4.99 Å². The van der Waals surface area contributed by atoms with Gasteiger partial charge in [-0.05, 0) is 51.1 Å². The standard InChI is InChI=1S/C26H27N3O5S/c1-17(2)27-19(4)14-18(3)15-28(22-12-8-9-13-23(22)35(5,33)34)24(30)16-29-25(31)20-10-6-7-11-21(20)26(29)32/h6-14H,1,15-16H2,2-5H3/b18-14+,27-19?. The number of anilines is 1. The van der Waals surface area contributed by atoms with Gasteiger partial charge in [0.05, 0.1) is 21.7 Å². The van der Waals surface area contributed by atoms with E-state index in [0.717, 1.165) is 11.2 Å². The minimum atomic E-state index is -3.68. The van der Waals surface area contributed by atoms with Crippen LogP contribution in [-0.2, 0) is 14.6 Å². The Balaban J connectivity index is 2.00. The number of benzene rings is 2. The topological polar surface area (TPSA) is 104 Å². The summed E-state index contributed by atoms with van der Waals surface area (Å²) < 4.78 is 24.9. The number of aliphatic imine (C=N–C) groups is 1. The number of fused-ring (bicyclic) bond motifs is 1. The van der Waals surface area contributed by atoms with Crippen molar-refractivity contribution in [3.05, 3.63) is 83.6 Å². The lowest BCUT2D eigenvalue weighted by Crippen LogP contribution is -2.44. The second-order valence-electron chi connectivity index (χ2n) is 8.44. The summed E-state index contributed by atoms with van der Waals surface area (Å²) in [4.78, 5) is 45.5. The molecule has 35 heavy (non-hydrogen) atoms. The van der Waals surface area contributed by atoms with Crippen molar-refractivity contribution in [2.75, 3.05) is 24.2 Å². The van der Waals surface area contributed by atoms with Gasteiger partial charge in [0.2, 0.25) is 5.91 Å². The van der Waals surface area contributed by atoms with Crippen LogP contribution in [0, 0.1) is 0 Å². The number of hydrogen-bond donors (Lipinski definition) is 0. The van der Waals surface area contributed by atoms with Crippen LogP contribution < -0.4 is 4.90 Å². The number of rotatable bonds is 8. The van der Waals surface area contributed by atoms with Gasteiger partial charge in [-0.25, -0.2) is 8.42 Å². The Bertz CT molecular complexity index is 1350. The third kappa shape index (κ3) is 5.81. The minimum Gasteiger partial charge on any atom is -0.305 e. The third-order valence-electron chi connectivity index (χ3n) is 5.26. The number of allylic oxidation sites excluding steroid dienone is 2. The molecule has 0 fully saturated rings. The zero-order valence-electron chi connectivity index (χ0n) is 20.1. The molecular formula is C26H27N3O5S. The lowest BCUT2D eigenvalue weighted by molar-refractivity contribution is -0.118. The molecule has 2 aromatic rings. The van der Waals surface area contributed by atoms with Crippen molar-refractivity contribution in [1.29, 1.82) is 0 Å². The number of nitrogens with zero attached hydrogens (tertiary/aromatic N) is 3. The Hall–Kier alpha value is -3.85. The van der Waals surface area contributed by atoms with Crippen LogP contribution in [0.25, 0.3) is 0 Å². The van der Waals surface area contributed by atoms with E-state index in [1.165, 1.54) is 29.2 Å². The summed E-state index contributed by atoms with van der Waals surface area (Å²) >= 11 is 0. The average molecular weight is 494 g/mol. The minimum absolute atomic E-state index is 0.0254. The van der Waals surface area contributed by atoms with Gasteiger partial charge in [0.15, 0.2) is 9.84 Å². The molecule has 3 amide bonds. The highest BCUT2D eigenvalue weighted by atomic mass is 32.2. The molecule has 8 nitrogen and oxygen atoms in total. The van der Waals surface area contributed by atoms with E-state index in [1.807, 2.05) is 0 Å². The molecule has 0 saturated heterocycles. The van der Waals surface area contributed by atoms with Crippen LogP contribution in [0.2, 0.25) is 0 Å². The first kappa shape index (κ1) is 25.8. The molecule has 2 aromatic carbocycles. The molecule has 0 saturated carbocycles. The third-order valence-corrected chi connectivity index (χ3v) is 6.40. The van der Waals surface area contributed by atoms with Crippen LogP contribution in [0.1, 0.15) is 41.5 Å². The highest BCUT2D eigenvalue weighted by molar-refractivity contribution is 7.90. The molecule has 182 valence electrons. The van der Waals surface area contributed by atoms with E-state index in [4.69, 9.17) is 0 Å². The van der Waals surface area contributed by atoms with Crippen molar-refractivity contribution in [3.8, 4) is 0 Å². The van der Waals surface area contributed by atoms with Crippen molar-refractivity contribution >= 4 is 39.0 Å². The van der Waals surface area contributed by atoms with Gasteiger partial charge in [-0.2, -0.15) is 0 Å². The van der Waals surface area contributed by atoms with Gasteiger partial charge in [0.1, 0.15) is 6.54 Å². The summed E-state index contributed by atoms with van der Waals surface area (Å²) in [6.07, 6.45) is 2.82. The number of sulfone groups is 1. The Morgan fingerprint density at radius 3 is 2.09 bits per heavy atom. The fourth-order valence-electron chi connectivity index (χ4n) is 3.89. The van der Waals surface area contributed by atoms with Crippen LogP contribution in [0.4, 0.5) is 5.69 Å². The van der Waals surface area contributed by atoms with Gasteiger partial charge in [0, 0.05) is 24.2 Å². The molecule has 9 heteroatoms. The molecule has 0 unspecified atom stereocenters. The first-order chi connectivity index (χ1) is 16.4. The van der Waals surface area contributed by atoms with Crippen LogP contribution in [0.3, 0.4) is 0 Å². The normalized spacial score (nSPS) is 14.2. The smallest absolute Gasteiger partial charge is 0.262 e. The van der Waals surface area contributed by atoms with Crippen LogP contribution in [0.5, 0.6) is 0 Å². The Morgan fingerprint density at radius 2 is 1.54 bits per heavy atom. The van der Waals surface area contributed by atoms with Gasteiger partial charge in [0.25, 0.3) is 11.8 Å². The summed E-state index contributed by atoms with van der Waals surface area (Å²) in [5.41, 5.74) is 2.63. The number of imide groups is 1. The van der Waals surface area contributed by atoms with E-state index < -0.39 is 34.1 Å². The molecular weight excluding hydrogens is 466 g/mol. The summed E-state index contributed by atoms with van der Waals surface area (Å²) in [7, 11) is -3.68. The van der Waals surface area contributed by atoms with E-state index in [-0.39, 0.29) is 28.3 Å². The average Bonchev–Trinajstić information content (AvgIpc) is 3.01. The predicted molar refractivity (Wildman–Crippen MR) is 135 cm³/mol. The summed E-state index contributed by atoms with van der Waals surface area (Å²) in [6, 6.07) is 12.5. The van der Waals surface area contributed by atoms with E-state index in [1.54, 1.807) is 51.1 Å². The molecule has 0 radical (unpaired) electrons. The van der Waals surface area contributed by atoms with Gasteiger partial charge in [-0.1, -0.05) is 36.4 Å². The molecule has 1 heterocycles. The number of para-hydroxylation sites is 1. The number of amides is 3. The van der Waals surface area contributed by atoms with Gasteiger partial charge in [-0.3, -0.25) is 24.3 Å². The number of carbonyl (C=O) groups excluding carboxylic acids is 3. The van der Waals surface area contributed by atoms with Crippen LogP contribution in [-0.4, -0.2) is 56.1 Å². The largest absolute Gasteiger partial charge is 0.305 e. The van der Waals surface area contributed by atoms with Crippen molar-refractivity contribution in [2.45, 2.75) is 25.7 Å². The number of hydrogen-bond acceptors (Lipinski definition) is 6. The molecule has 0 spiro atoms. The molecule has 1 aliphatic heterocycles. The van der Waals surface area contributed by atoms with Gasteiger partial charge in [-0.15, -0.1) is 0 Å². The van der Waals surface area contributed by atoms with Gasteiger partial charge >= 0.3 is 0 Å². The van der Waals surface area contributed by atoms with Gasteiger partial charge < -0.3 is 4.90 Å². The second kappa shape index (κ2) is 10.2. The molecule has 0 aliphatic carbocycles. The zero-order chi connectivity index (χ0) is 25.9. The fourth-order valence-corrected chi connectivity index (χ4v) is 4.77. The summed E-state index contributed by atoms with van der Waals surface area (Å²) in [6.45, 7) is 8.57. The van der Waals surface area contributed by atoms with E-state index in [2.05, 4.69) is 11.6 Å². The highest BCUT2D eigenvalue weighted by Gasteiger charge is 2.37. The van der Waals surface area contributed by atoms with E-state index in [9.17, 15) is 22.8 Å². The Kier molecular flexibility index (Phi) is 7.50. The SMILES string of the molecule is C=C(C)N=C(C)/C=C(\C)CN(C(=O)CN1C(=O)c2ccccc2C1=O)c1ccccc1S(C)(=O)=O. The first-order valence-electron chi connectivity index (χ1n) is 10.8. The highest BCUT2D eigenvalue weighted by Crippen LogP contribution is 2.28. The lowest BCUT2D eigenvalue weighted by Gasteiger charge is -2.27. The van der Waals surface area contributed by atoms with Crippen molar-refractivity contribution in [3.63, 3.8) is 0 Å². The molecule has 0 N–H and O–H groups in total. The summed E-state index contributed by atoms with van der Waals surface area (Å²) in [5, 5.41) is 0. The molecule has 1 aliphatic rings. The maximum absolute atomic E-state index is 13.5. The van der Waals surface area contributed by atoms with Crippen LogP contribution >= 0.6 is 0 Å². The van der Waals surface area contributed by atoms with Crippen LogP contribution in [0.15, 0.2) is 82.3 Å². The van der Waals surface area contributed by atoms with Crippen molar-refractivity contribution in [1.82, 2.24) is 4.90 Å². The quantitative estimate of drug-likeness (QED) is 0.412. The molecule has 0 aromatic heterocycles. The molecule has 0 bridgehead atoms. The monoisotopic (exact) mass is 493 g/mol. The molecule has 3 rings (SSSR count).